The monoisotopic (exact) mass is 298 g/mol. The van der Waals surface area contributed by atoms with Gasteiger partial charge in [-0.05, 0) is 42.8 Å². The van der Waals surface area contributed by atoms with Gasteiger partial charge in [0.05, 0.1) is 6.54 Å². The Kier molecular flexibility index (Phi) is 4.86. The van der Waals surface area contributed by atoms with Crippen LogP contribution in [0.1, 0.15) is 11.1 Å². The molecule has 21 heavy (non-hydrogen) atoms. The SMILES string of the molecule is C#Cc1cccc(NCC(=O)Nc2cc(Cl)ccc2C)c1. The Balaban J connectivity index is 1.96. The smallest absolute Gasteiger partial charge is 0.243 e. The van der Waals surface area contributed by atoms with Crippen molar-refractivity contribution in [1.82, 2.24) is 0 Å². The number of nitrogens with one attached hydrogen (secondary N) is 2. The summed E-state index contributed by atoms with van der Waals surface area (Å²) in [4.78, 5) is 11.9. The zero-order valence-electron chi connectivity index (χ0n) is 11.6. The number of terminal acetylenes is 1. The average molecular weight is 299 g/mol. The highest BCUT2D eigenvalue weighted by Gasteiger charge is 2.05. The molecule has 0 atom stereocenters. The molecule has 0 aliphatic carbocycles. The van der Waals surface area contributed by atoms with E-state index in [2.05, 4.69) is 16.6 Å². The topological polar surface area (TPSA) is 41.1 Å². The van der Waals surface area contributed by atoms with Gasteiger partial charge in [-0.15, -0.1) is 6.42 Å². The molecular formula is C17H15ClN2O. The average Bonchev–Trinajstić information content (AvgIpc) is 2.49. The van der Waals surface area contributed by atoms with Crippen LogP contribution in [0.2, 0.25) is 5.02 Å². The Bertz CT molecular complexity index is 704. The van der Waals surface area contributed by atoms with Gasteiger partial charge in [-0.3, -0.25) is 4.79 Å². The molecule has 0 unspecified atom stereocenters. The highest BCUT2D eigenvalue weighted by molar-refractivity contribution is 6.31. The maximum absolute atomic E-state index is 11.9. The Morgan fingerprint density at radius 1 is 1.29 bits per heavy atom. The van der Waals surface area contributed by atoms with Gasteiger partial charge in [-0.25, -0.2) is 0 Å². The van der Waals surface area contributed by atoms with Crippen molar-refractivity contribution in [2.24, 2.45) is 0 Å². The fourth-order valence-electron chi connectivity index (χ4n) is 1.82. The van der Waals surface area contributed by atoms with Crippen molar-refractivity contribution in [3.05, 3.63) is 58.6 Å². The predicted octanol–water partition coefficient (Wildman–Crippen LogP) is 3.68. The second-order valence-electron chi connectivity index (χ2n) is 4.59. The van der Waals surface area contributed by atoms with Crippen LogP contribution in [0, 0.1) is 19.3 Å². The van der Waals surface area contributed by atoms with Crippen molar-refractivity contribution in [1.29, 1.82) is 0 Å². The lowest BCUT2D eigenvalue weighted by Crippen LogP contribution is -2.22. The first-order valence-electron chi connectivity index (χ1n) is 6.45. The molecule has 4 heteroatoms. The van der Waals surface area contributed by atoms with Crippen molar-refractivity contribution in [3.8, 4) is 12.3 Å². The third kappa shape index (κ3) is 4.27. The Morgan fingerprint density at radius 2 is 2.10 bits per heavy atom. The van der Waals surface area contributed by atoms with Crippen LogP contribution in [-0.4, -0.2) is 12.5 Å². The number of amides is 1. The molecule has 106 valence electrons. The third-order valence-corrected chi connectivity index (χ3v) is 3.19. The molecule has 0 aromatic heterocycles. The first kappa shape index (κ1) is 15.0. The van der Waals surface area contributed by atoms with E-state index in [0.29, 0.717) is 10.7 Å². The van der Waals surface area contributed by atoms with E-state index in [0.717, 1.165) is 16.8 Å². The summed E-state index contributed by atoms with van der Waals surface area (Å²) in [5.41, 5.74) is 3.25. The molecule has 2 rings (SSSR count). The Hall–Kier alpha value is -2.44. The van der Waals surface area contributed by atoms with E-state index in [1.165, 1.54) is 0 Å². The van der Waals surface area contributed by atoms with Crippen LogP contribution in [0.15, 0.2) is 42.5 Å². The second kappa shape index (κ2) is 6.83. The zero-order chi connectivity index (χ0) is 15.2. The molecule has 2 aromatic carbocycles. The Labute approximate surface area is 129 Å². The van der Waals surface area contributed by atoms with Crippen molar-refractivity contribution < 1.29 is 4.79 Å². The number of hydrogen-bond donors (Lipinski definition) is 2. The summed E-state index contributed by atoms with van der Waals surface area (Å²) >= 11 is 5.92. The van der Waals surface area contributed by atoms with Crippen molar-refractivity contribution >= 4 is 28.9 Å². The van der Waals surface area contributed by atoms with Gasteiger partial charge in [0.1, 0.15) is 0 Å². The van der Waals surface area contributed by atoms with Crippen LogP contribution in [-0.2, 0) is 4.79 Å². The molecule has 0 radical (unpaired) electrons. The molecule has 0 spiro atoms. The zero-order valence-corrected chi connectivity index (χ0v) is 12.4. The maximum Gasteiger partial charge on any atom is 0.243 e. The van der Waals surface area contributed by atoms with Gasteiger partial charge in [-0.2, -0.15) is 0 Å². The number of carbonyl (C=O) groups is 1. The summed E-state index contributed by atoms with van der Waals surface area (Å²) in [6.45, 7) is 2.07. The molecule has 0 saturated heterocycles. The fourth-order valence-corrected chi connectivity index (χ4v) is 2.00. The number of hydrogen-bond acceptors (Lipinski definition) is 2. The Morgan fingerprint density at radius 3 is 2.86 bits per heavy atom. The second-order valence-corrected chi connectivity index (χ2v) is 5.02. The lowest BCUT2D eigenvalue weighted by molar-refractivity contribution is -0.114. The van der Waals surface area contributed by atoms with Crippen LogP contribution in [0.3, 0.4) is 0 Å². The van der Waals surface area contributed by atoms with Crippen LogP contribution in [0.4, 0.5) is 11.4 Å². The van der Waals surface area contributed by atoms with E-state index in [-0.39, 0.29) is 12.5 Å². The summed E-state index contributed by atoms with van der Waals surface area (Å²) in [5, 5.41) is 6.45. The standard InChI is InChI=1S/C17H15ClN2O/c1-3-13-5-4-6-15(9-13)19-11-17(21)20-16-10-14(18)8-7-12(16)2/h1,4-10,19H,11H2,2H3,(H,20,21). The molecule has 3 nitrogen and oxygen atoms in total. The minimum absolute atomic E-state index is 0.147. The van der Waals surface area contributed by atoms with Gasteiger partial charge >= 0.3 is 0 Å². The molecule has 0 aliphatic heterocycles. The molecular weight excluding hydrogens is 284 g/mol. The number of halogens is 1. The lowest BCUT2D eigenvalue weighted by Gasteiger charge is -2.10. The van der Waals surface area contributed by atoms with Gasteiger partial charge in [0, 0.05) is 22.0 Å². The molecule has 0 fully saturated rings. The summed E-state index contributed by atoms with van der Waals surface area (Å²) in [6, 6.07) is 12.7. The summed E-state index contributed by atoms with van der Waals surface area (Å²) in [5.74, 6) is 2.41. The van der Waals surface area contributed by atoms with Crippen LogP contribution in [0.5, 0.6) is 0 Å². The minimum atomic E-state index is -0.147. The van der Waals surface area contributed by atoms with Crippen molar-refractivity contribution in [2.45, 2.75) is 6.92 Å². The normalized spacial score (nSPS) is 9.76. The molecule has 2 N–H and O–H groups in total. The summed E-state index contributed by atoms with van der Waals surface area (Å²) in [7, 11) is 0. The molecule has 0 heterocycles. The largest absolute Gasteiger partial charge is 0.376 e. The predicted molar refractivity (Wildman–Crippen MR) is 87.7 cm³/mol. The summed E-state index contributed by atoms with van der Waals surface area (Å²) in [6.07, 6.45) is 5.34. The minimum Gasteiger partial charge on any atom is -0.376 e. The number of benzene rings is 2. The van der Waals surface area contributed by atoms with E-state index in [1.54, 1.807) is 12.1 Å². The number of rotatable bonds is 4. The van der Waals surface area contributed by atoms with Crippen LogP contribution < -0.4 is 10.6 Å². The molecule has 1 amide bonds. The van der Waals surface area contributed by atoms with E-state index < -0.39 is 0 Å². The lowest BCUT2D eigenvalue weighted by atomic mass is 10.2. The maximum atomic E-state index is 11.9. The van der Waals surface area contributed by atoms with Gasteiger partial charge < -0.3 is 10.6 Å². The van der Waals surface area contributed by atoms with E-state index in [4.69, 9.17) is 18.0 Å². The van der Waals surface area contributed by atoms with E-state index in [1.807, 2.05) is 37.3 Å². The molecule has 0 saturated carbocycles. The highest BCUT2D eigenvalue weighted by atomic mass is 35.5. The third-order valence-electron chi connectivity index (χ3n) is 2.96. The van der Waals surface area contributed by atoms with E-state index >= 15 is 0 Å². The van der Waals surface area contributed by atoms with Crippen LogP contribution >= 0.6 is 11.6 Å². The fraction of sp³-hybridized carbons (Fsp3) is 0.118. The molecule has 0 aliphatic rings. The van der Waals surface area contributed by atoms with Crippen LogP contribution in [0.25, 0.3) is 0 Å². The van der Waals surface area contributed by atoms with Gasteiger partial charge in [-0.1, -0.05) is 29.7 Å². The summed E-state index contributed by atoms with van der Waals surface area (Å²) < 4.78 is 0. The van der Waals surface area contributed by atoms with Crippen molar-refractivity contribution in [3.63, 3.8) is 0 Å². The first-order chi connectivity index (χ1) is 10.1. The number of aryl methyl sites for hydroxylation is 1. The van der Waals surface area contributed by atoms with Crippen molar-refractivity contribution in [2.75, 3.05) is 17.2 Å². The molecule has 0 bridgehead atoms. The highest BCUT2D eigenvalue weighted by Crippen LogP contribution is 2.20. The van der Waals surface area contributed by atoms with Gasteiger partial charge in [0.2, 0.25) is 5.91 Å². The number of carbonyl (C=O) groups excluding carboxylic acids is 1. The first-order valence-corrected chi connectivity index (χ1v) is 6.83. The van der Waals surface area contributed by atoms with E-state index in [9.17, 15) is 4.79 Å². The molecule has 2 aromatic rings. The van der Waals surface area contributed by atoms with Gasteiger partial charge in [0.15, 0.2) is 0 Å². The quantitative estimate of drug-likeness (QED) is 0.846. The van der Waals surface area contributed by atoms with Gasteiger partial charge in [0.25, 0.3) is 0 Å². The number of anilines is 2.